The first-order valence-corrected chi connectivity index (χ1v) is 13.1. The monoisotopic (exact) mass is 483 g/mol. The van der Waals surface area contributed by atoms with Crippen LogP contribution in [0.3, 0.4) is 0 Å². The van der Waals surface area contributed by atoms with Gasteiger partial charge in [-0.05, 0) is 56.0 Å². The van der Waals surface area contributed by atoms with E-state index in [9.17, 15) is 9.59 Å². The lowest BCUT2D eigenvalue weighted by molar-refractivity contribution is -0.134. The van der Waals surface area contributed by atoms with E-state index in [0.29, 0.717) is 23.8 Å². The fourth-order valence-corrected chi connectivity index (χ4v) is 6.47. The molecule has 1 aromatic carbocycles. The fourth-order valence-electron chi connectivity index (χ4n) is 5.22. The van der Waals surface area contributed by atoms with Crippen molar-refractivity contribution in [2.24, 2.45) is 0 Å². The summed E-state index contributed by atoms with van der Waals surface area (Å²) in [5.41, 5.74) is 1.63. The van der Waals surface area contributed by atoms with Crippen molar-refractivity contribution in [3.05, 3.63) is 57.6 Å². The lowest BCUT2D eigenvalue weighted by Crippen LogP contribution is -2.64. The Bertz CT molecular complexity index is 1210. The van der Waals surface area contributed by atoms with Gasteiger partial charge in [0, 0.05) is 22.5 Å². The molecule has 174 valence electrons. The number of carbonyl (C=O) groups is 2. The summed E-state index contributed by atoms with van der Waals surface area (Å²) in [7, 11) is 0. The molecule has 1 atom stereocenters. The first-order chi connectivity index (χ1) is 15.9. The molecule has 3 heterocycles. The Hall–Kier alpha value is -2.31. The number of nitrogens with zero attached hydrogens (tertiary/aromatic N) is 2. The molecule has 1 aliphatic carbocycles. The second-order valence-electron chi connectivity index (χ2n) is 9.53. The van der Waals surface area contributed by atoms with Crippen molar-refractivity contribution < 1.29 is 9.59 Å². The van der Waals surface area contributed by atoms with Gasteiger partial charge in [-0.1, -0.05) is 49.9 Å². The van der Waals surface area contributed by atoms with E-state index in [1.165, 1.54) is 11.3 Å². The molecule has 0 bridgehead atoms. The van der Waals surface area contributed by atoms with Crippen molar-refractivity contribution in [2.45, 2.75) is 77.0 Å². The second-order valence-corrected chi connectivity index (χ2v) is 11.1. The molecule has 1 aliphatic heterocycles. The highest BCUT2D eigenvalue weighted by atomic mass is 35.5. The molecule has 1 N–H and O–H groups in total. The third-order valence-electron chi connectivity index (χ3n) is 7.17. The van der Waals surface area contributed by atoms with Gasteiger partial charge in [-0.2, -0.15) is 0 Å². The summed E-state index contributed by atoms with van der Waals surface area (Å²) in [6, 6.07) is 11.9. The van der Waals surface area contributed by atoms with Crippen LogP contribution < -0.4 is 5.32 Å². The van der Waals surface area contributed by atoms with Gasteiger partial charge in [0.2, 0.25) is 5.91 Å². The van der Waals surface area contributed by atoms with Crippen LogP contribution in [0.4, 0.5) is 0 Å². The van der Waals surface area contributed by atoms with E-state index in [1.807, 2.05) is 37.3 Å². The molecule has 5 rings (SSSR count). The number of hydrogen-bond donors (Lipinski definition) is 1. The summed E-state index contributed by atoms with van der Waals surface area (Å²) < 4.78 is 3.16. The Morgan fingerprint density at radius 1 is 1.21 bits per heavy atom. The summed E-state index contributed by atoms with van der Waals surface area (Å²) in [5, 5.41) is 3.92. The van der Waals surface area contributed by atoms with Gasteiger partial charge >= 0.3 is 0 Å². The van der Waals surface area contributed by atoms with Crippen LogP contribution in [0.5, 0.6) is 0 Å². The highest BCUT2D eigenvalue weighted by Crippen LogP contribution is 2.37. The number of aryl methyl sites for hydroxylation is 1. The molecule has 1 fully saturated rings. The average Bonchev–Trinajstić information content (AvgIpc) is 3.36. The zero-order chi connectivity index (χ0) is 23.2. The van der Waals surface area contributed by atoms with E-state index in [1.54, 1.807) is 16.2 Å². The molecule has 5 nitrogen and oxygen atoms in total. The number of aromatic nitrogens is 1. The largest absolute Gasteiger partial charge is 0.351 e. The van der Waals surface area contributed by atoms with Crippen molar-refractivity contribution in [3.63, 3.8) is 0 Å². The predicted octanol–water partition coefficient (Wildman–Crippen LogP) is 5.78. The Morgan fingerprint density at radius 3 is 2.73 bits per heavy atom. The van der Waals surface area contributed by atoms with E-state index in [2.05, 4.69) is 22.9 Å². The molecule has 2 aliphatic rings. The maximum atomic E-state index is 13.8. The number of hydrogen-bond acceptors (Lipinski definition) is 3. The minimum atomic E-state index is -0.996. The van der Waals surface area contributed by atoms with Gasteiger partial charge in [-0.3, -0.25) is 9.59 Å². The molecule has 1 saturated carbocycles. The standard InChI is InChI=1S/C26H30ClN3O2S/c1-3-20-13-21-23(33-20)14-22-24(31)30(15-17-8-7-9-18(27)12-17)26(2,16-29(21)22)25(32)28-19-10-5-4-6-11-19/h7-9,12-14,19H,3-6,10-11,15-16H2,1-2H3,(H,28,32)/t26-/m1/s1. The number of rotatable bonds is 5. The van der Waals surface area contributed by atoms with Crippen LogP contribution >= 0.6 is 22.9 Å². The first kappa shape index (κ1) is 22.5. The van der Waals surface area contributed by atoms with Crippen LogP contribution in [0, 0.1) is 0 Å². The summed E-state index contributed by atoms with van der Waals surface area (Å²) in [4.78, 5) is 30.7. The molecule has 0 radical (unpaired) electrons. The van der Waals surface area contributed by atoms with Crippen molar-refractivity contribution in [2.75, 3.05) is 0 Å². The van der Waals surface area contributed by atoms with Gasteiger partial charge in [-0.25, -0.2) is 0 Å². The van der Waals surface area contributed by atoms with Crippen LogP contribution in [-0.2, 0) is 24.3 Å². The minimum absolute atomic E-state index is 0.0665. The zero-order valence-electron chi connectivity index (χ0n) is 19.2. The van der Waals surface area contributed by atoms with Crippen LogP contribution in [0.15, 0.2) is 36.4 Å². The summed E-state index contributed by atoms with van der Waals surface area (Å²) in [5.74, 6) is -0.174. The predicted molar refractivity (Wildman–Crippen MR) is 134 cm³/mol. The molecule has 0 unspecified atom stereocenters. The van der Waals surface area contributed by atoms with Gasteiger partial charge in [-0.15, -0.1) is 11.3 Å². The highest BCUT2D eigenvalue weighted by Gasteiger charge is 2.48. The van der Waals surface area contributed by atoms with Gasteiger partial charge in [0.1, 0.15) is 11.2 Å². The number of fused-ring (bicyclic) bond motifs is 3. The fraction of sp³-hybridized carbons (Fsp3) is 0.462. The van der Waals surface area contributed by atoms with E-state index in [-0.39, 0.29) is 17.9 Å². The van der Waals surface area contributed by atoms with Crippen LogP contribution in [0.2, 0.25) is 5.02 Å². The summed E-state index contributed by atoms with van der Waals surface area (Å²) >= 11 is 7.95. The quantitative estimate of drug-likeness (QED) is 0.500. The number of nitrogens with one attached hydrogen (secondary N) is 1. The van der Waals surface area contributed by atoms with Crippen molar-refractivity contribution in [1.82, 2.24) is 14.8 Å². The summed E-state index contributed by atoms with van der Waals surface area (Å²) in [6.07, 6.45) is 6.49. The third-order valence-corrected chi connectivity index (χ3v) is 8.63. The second kappa shape index (κ2) is 8.80. The maximum Gasteiger partial charge on any atom is 0.271 e. The number of halogens is 1. The topological polar surface area (TPSA) is 54.3 Å². The van der Waals surface area contributed by atoms with E-state index < -0.39 is 5.54 Å². The van der Waals surface area contributed by atoms with Gasteiger partial charge < -0.3 is 14.8 Å². The first-order valence-electron chi connectivity index (χ1n) is 11.9. The molecular formula is C26H30ClN3O2S. The maximum absolute atomic E-state index is 13.8. The Balaban J connectivity index is 1.54. The zero-order valence-corrected chi connectivity index (χ0v) is 20.8. The normalized spacial score (nSPS) is 21.4. The molecule has 33 heavy (non-hydrogen) atoms. The smallest absolute Gasteiger partial charge is 0.271 e. The van der Waals surface area contributed by atoms with E-state index in [4.69, 9.17) is 11.6 Å². The van der Waals surface area contributed by atoms with E-state index in [0.717, 1.165) is 47.9 Å². The molecule has 7 heteroatoms. The van der Waals surface area contributed by atoms with Crippen molar-refractivity contribution in [1.29, 1.82) is 0 Å². The molecule has 3 aromatic rings. The Morgan fingerprint density at radius 2 is 2.00 bits per heavy atom. The Kier molecular flexibility index (Phi) is 6.00. The van der Waals surface area contributed by atoms with Gasteiger partial charge in [0.05, 0.1) is 16.8 Å². The molecule has 2 amide bonds. The lowest BCUT2D eigenvalue weighted by Gasteiger charge is -2.45. The third kappa shape index (κ3) is 4.08. The molecule has 0 spiro atoms. The lowest BCUT2D eigenvalue weighted by atomic mass is 9.91. The SMILES string of the molecule is CCc1cc2c(cc3n2C[C@](C)(C(=O)NC2CCCCC2)N(Cc2cccc(Cl)c2)C3=O)s1. The van der Waals surface area contributed by atoms with Crippen LogP contribution in [-0.4, -0.2) is 32.9 Å². The van der Waals surface area contributed by atoms with Crippen LogP contribution in [0.1, 0.15) is 66.9 Å². The number of benzene rings is 1. The van der Waals surface area contributed by atoms with E-state index >= 15 is 0 Å². The van der Waals surface area contributed by atoms with Crippen molar-refractivity contribution >= 4 is 45.0 Å². The molecule has 2 aromatic heterocycles. The molecule has 0 saturated heterocycles. The number of thiophene rings is 1. The van der Waals surface area contributed by atoms with Crippen molar-refractivity contribution in [3.8, 4) is 0 Å². The number of amides is 2. The Labute approximate surface area is 203 Å². The summed E-state index contributed by atoms with van der Waals surface area (Å²) in [6.45, 7) is 4.83. The van der Waals surface area contributed by atoms with Crippen LogP contribution in [0.25, 0.3) is 10.2 Å². The molecular weight excluding hydrogens is 454 g/mol. The van der Waals surface area contributed by atoms with Gasteiger partial charge in [0.25, 0.3) is 5.91 Å². The highest BCUT2D eigenvalue weighted by molar-refractivity contribution is 7.19. The van der Waals surface area contributed by atoms with Gasteiger partial charge in [0.15, 0.2) is 0 Å². The average molecular weight is 484 g/mol. The number of carbonyl (C=O) groups excluding carboxylic acids is 2. The minimum Gasteiger partial charge on any atom is -0.351 e.